The zero-order valence-electron chi connectivity index (χ0n) is 16.4. The molecule has 154 valence electrons. The lowest BCUT2D eigenvalue weighted by molar-refractivity contribution is -0.120. The monoisotopic (exact) mass is 408 g/mol. The number of amides is 2. The van der Waals surface area contributed by atoms with Gasteiger partial charge in [-0.15, -0.1) is 0 Å². The first-order valence-corrected chi connectivity index (χ1v) is 9.40. The summed E-state index contributed by atoms with van der Waals surface area (Å²) < 4.78 is 15.3. The number of hydrogen-bond donors (Lipinski definition) is 2. The highest BCUT2D eigenvalue weighted by Gasteiger charge is 2.16. The Hall–Kier alpha value is -3.81. The minimum atomic E-state index is -0.692. The molecule has 0 spiro atoms. The van der Waals surface area contributed by atoms with Gasteiger partial charge in [-0.3, -0.25) is 14.4 Å². The standard InChI is InChI=1S/C22H21FN4O3/c1-15-13-19(28)21(26-27(15)18-10-6-5-9-17(18)23)22(30)25-12-11-24-20(29)14-16-7-3-2-4-8-16/h2-10,13H,11-12,14H2,1H3,(H,24,29)(H,25,30). The van der Waals surface area contributed by atoms with E-state index in [0.717, 1.165) is 5.56 Å². The van der Waals surface area contributed by atoms with Crippen LogP contribution in [0.2, 0.25) is 0 Å². The minimum Gasteiger partial charge on any atom is -0.354 e. The molecule has 2 amide bonds. The zero-order chi connectivity index (χ0) is 21.5. The molecule has 2 aromatic carbocycles. The Kier molecular flexibility index (Phi) is 6.69. The molecule has 2 N–H and O–H groups in total. The van der Waals surface area contributed by atoms with Crippen LogP contribution in [-0.4, -0.2) is 34.7 Å². The molecule has 0 aliphatic rings. The topological polar surface area (TPSA) is 93.1 Å². The van der Waals surface area contributed by atoms with Crippen molar-refractivity contribution in [3.8, 4) is 5.69 Å². The van der Waals surface area contributed by atoms with E-state index in [1.165, 1.54) is 28.9 Å². The highest BCUT2D eigenvalue weighted by atomic mass is 19.1. The van der Waals surface area contributed by atoms with Crippen molar-refractivity contribution in [1.29, 1.82) is 0 Å². The molecule has 8 heteroatoms. The third-order valence-electron chi connectivity index (χ3n) is 4.34. The molecule has 0 fully saturated rings. The number of carbonyl (C=O) groups excluding carboxylic acids is 2. The van der Waals surface area contributed by atoms with Crippen molar-refractivity contribution < 1.29 is 14.0 Å². The maximum atomic E-state index is 14.1. The number of carbonyl (C=O) groups is 2. The molecule has 7 nitrogen and oxygen atoms in total. The average Bonchev–Trinajstić information content (AvgIpc) is 2.73. The molecule has 1 aromatic heterocycles. The molecular formula is C22H21FN4O3. The molecule has 0 unspecified atom stereocenters. The summed E-state index contributed by atoms with van der Waals surface area (Å²) in [6, 6.07) is 16.5. The fourth-order valence-corrected chi connectivity index (χ4v) is 2.88. The molecule has 0 radical (unpaired) electrons. The predicted octanol–water partition coefficient (Wildman–Crippen LogP) is 1.77. The Morgan fingerprint density at radius 1 is 1.00 bits per heavy atom. The van der Waals surface area contributed by atoms with Crippen LogP contribution < -0.4 is 16.1 Å². The molecule has 0 aliphatic carbocycles. The minimum absolute atomic E-state index is 0.119. The number of aromatic nitrogens is 2. The Morgan fingerprint density at radius 2 is 1.67 bits per heavy atom. The Bertz CT molecular complexity index is 1110. The van der Waals surface area contributed by atoms with Crippen LogP contribution in [0.25, 0.3) is 5.69 Å². The second-order valence-electron chi connectivity index (χ2n) is 6.63. The van der Waals surface area contributed by atoms with Gasteiger partial charge in [-0.2, -0.15) is 5.10 Å². The SMILES string of the molecule is Cc1cc(=O)c(C(=O)NCCNC(=O)Cc2ccccc2)nn1-c1ccccc1F. The fraction of sp³-hybridized carbons (Fsp3) is 0.182. The summed E-state index contributed by atoms with van der Waals surface area (Å²) in [4.78, 5) is 36.5. The predicted molar refractivity (Wildman–Crippen MR) is 110 cm³/mol. The van der Waals surface area contributed by atoms with Crippen LogP contribution in [0.5, 0.6) is 0 Å². The van der Waals surface area contributed by atoms with E-state index >= 15 is 0 Å². The van der Waals surface area contributed by atoms with E-state index in [1.807, 2.05) is 30.3 Å². The van der Waals surface area contributed by atoms with Gasteiger partial charge in [-0.25, -0.2) is 9.07 Å². The van der Waals surface area contributed by atoms with Crippen molar-refractivity contribution in [3.05, 3.63) is 93.7 Å². The Morgan fingerprint density at radius 3 is 2.40 bits per heavy atom. The lowest BCUT2D eigenvalue weighted by Crippen LogP contribution is -2.38. The van der Waals surface area contributed by atoms with E-state index in [-0.39, 0.29) is 36.8 Å². The van der Waals surface area contributed by atoms with Gasteiger partial charge in [0.05, 0.1) is 6.42 Å². The molecule has 0 bridgehead atoms. The van der Waals surface area contributed by atoms with Gasteiger partial charge in [0.2, 0.25) is 11.3 Å². The third kappa shape index (κ3) is 5.16. The van der Waals surface area contributed by atoms with Crippen molar-refractivity contribution in [2.75, 3.05) is 13.1 Å². The first-order chi connectivity index (χ1) is 14.5. The molecule has 0 saturated carbocycles. The summed E-state index contributed by atoms with van der Waals surface area (Å²) in [7, 11) is 0. The molecule has 3 aromatic rings. The van der Waals surface area contributed by atoms with Gasteiger partial charge < -0.3 is 10.6 Å². The van der Waals surface area contributed by atoms with Crippen LogP contribution >= 0.6 is 0 Å². The zero-order valence-corrected chi connectivity index (χ0v) is 16.4. The van der Waals surface area contributed by atoms with Gasteiger partial charge in [0, 0.05) is 24.8 Å². The van der Waals surface area contributed by atoms with Gasteiger partial charge in [-0.05, 0) is 24.6 Å². The van der Waals surface area contributed by atoms with Crippen LogP contribution in [0.15, 0.2) is 65.5 Å². The summed E-state index contributed by atoms with van der Waals surface area (Å²) in [5, 5.41) is 9.29. The normalized spacial score (nSPS) is 10.5. The first kappa shape index (κ1) is 20.9. The van der Waals surface area contributed by atoms with E-state index in [4.69, 9.17) is 0 Å². The van der Waals surface area contributed by atoms with Gasteiger partial charge in [0.1, 0.15) is 11.5 Å². The van der Waals surface area contributed by atoms with Crippen molar-refractivity contribution in [1.82, 2.24) is 20.4 Å². The van der Waals surface area contributed by atoms with Crippen LogP contribution in [0, 0.1) is 12.7 Å². The van der Waals surface area contributed by atoms with Crippen molar-refractivity contribution in [2.24, 2.45) is 0 Å². The number of aryl methyl sites for hydroxylation is 1. The second-order valence-corrected chi connectivity index (χ2v) is 6.63. The van der Waals surface area contributed by atoms with Crippen LogP contribution in [0.1, 0.15) is 21.7 Å². The highest BCUT2D eigenvalue weighted by molar-refractivity contribution is 5.92. The average molecular weight is 408 g/mol. The van der Waals surface area contributed by atoms with Gasteiger partial charge >= 0.3 is 0 Å². The van der Waals surface area contributed by atoms with Gasteiger partial charge in [-0.1, -0.05) is 42.5 Å². The Labute approximate surface area is 172 Å². The van der Waals surface area contributed by atoms with E-state index in [1.54, 1.807) is 13.0 Å². The molecule has 0 aliphatic heterocycles. The van der Waals surface area contributed by atoms with Crippen LogP contribution in [0.4, 0.5) is 4.39 Å². The quantitative estimate of drug-likeness (QED) is 0.583. The van der Waals surface area contributed by atoms with E-state index in [9.17, 15) is 18.8 Å². The number of nitrogens with one attached hydrogen (secondary N) is 2. The molecule has 1 heterocycles. The summed E-state index contributed by atoms with van der Waals surface area (Å²) >= 11 is 0. The first-order valence-electron chi connectivity index (χ1n) is 9.40. The molecule has 3 rings (SSSR count). The Balaban J connectivity index is 1.60. The maximum Gasteiger partial charge on any atom is 0.275 e. The van der Waals surface area contributed by atoms with Crippen molar-refractivity contribution in [3.63, 3.8) is 0 Å². The lowest BCUT2D eigenvalue weighted by atomic mass is 10.1. The smallest absolute Gasteiger partial charge is 0.275 e. The van der Waals surface area contributed by atoms with Gasteiger partial charge in [0.25, 0.3) is 5.91 Å². The van der Waals surface area contributed by atoms with E-state index in [0.29, 0.717) is 5.69 Å². The number of benzene rings is 2. The number of hydrogen-bond acceptors (Lipinski definition) is 4. The lowest BCUT2D eigenvalue weighted by Gasteiger charge is -2.12. The summed E-state index contributed by atoms with van der Waals surface area (Å²) in [5.74, 6) is -1.39. The van der Waals surface area contributed by atoms with Gasteiger partial charge in [0.15, 0.2) is 5.69 Å². The number of halogens is 1. The molecule has 0 saturated heterocycles. The largest absolute Gasteiger partial charge is 0.354 e. The molecule has 30 heavy (non-hydrogen) atoms. The van der Waals surface area contributed by atoms with E-state index < -0.39 is 17.2 Å². The highest BCUT2D eigenvalue weighted by Crippen LogP contribution is 2.13. The maximum absolute atomic E-state index is 14.1. The van der Waals surface area contributed by atoms with Crippen molar-refractivity contribution >= 4 is 11.8 Å². The number of para-hydroxylation sites is 1. The number of rotatable bonds is 7. The van der Waals surface area contributed by atoms with E-state index in [2.05, 4.69) is 15.7 Å². The molecule has 0 atom stereocenters. The summed E-state index contributed by atoms with van der Waals surface area (Å²) in [6.07, 6.45) is 0.238. The second kappa shape index (κ2) is 9.60. The summed E-state index contributed by atoms with van der Waals surface area (Å²) in [6.45, 7) is 1.92. The third-order valence-corrected chi connectivity index (χ3v) is 4.34. The van der Waals surface area contributed by atoms with Crippen LogP contribution in [0.3, 0.4) is 0 Å². The van der Waals surface area contributed by atoms with Crippen molar-refractivity contribution in [2.45, 2.75) is 13.3 Å². The molecular weight excluding hydrogens is 387 g/mol. The summed E-state index contributed by atoms with van der Waals surface area (Å²) in [5.41, 5.74) is 0.508. The fourth-order valence-electron chi connectivity index (χ4n) is 2.88. The van der Waals surface area contributed by atoms with Crippen LogP contribution in [-0.2, 0) is 11.2 Å². The number of nitrogens with zero attached hydrogens (tertiary/aromatic N) is 2.